The Morgan fingerprint density at radius 2 is 1.79 bits per heavy atom. The van der Waals surface area contributed by atoms with Crippen LogP contribution in [0.15, 0.2) is 53.9 Å². The summed E-state index contributed by atoms with van der Waals surface area (Å²) in [6.07, 6.45) is 0. The first-order chi connectivity index (χ1) is 16.3. The van der Waals surface area contributed by atoms with E-state index in [1.807, 2.05) is 30.3 Å². The molecule has 11 heteroatoms. The van der Waals surface area contributed by atoms with Gasteiger partial charge in [0.25, 0.3) is 5.69 Å². The predicted octanol–water partition coefficient (Wildman–Crippen LogP) is 2.70. The molecule has 2 aromatic carbocycles. The lowest BCUT2D eigenvalue weighted by molar-refractivity contribution is -0.384. The first kappa shape index (κ1) is 24.2. The summed E-state index contributed by atoms with van der Waals surface area (Å²) in [7, 11) is 4.97. The van der Waals surface area contributed by atoms with Crippen molar-refractivity contribution in [2.45, 2.75) is 0 Å². The van der Waals surface area contributed by atoms with E-state index in [1.54, 1.807) is 23.9 Å². The number of carbonyl (C=O) groups is 2. The number of ether oxygens (including phenoxy) is 2. The van der Waals surface area contributed by atoms with E-state index in [2.05, 4.69) is 5.32 Å². The number of esters is 1. The van der Waals surface area contributed by atoms with Crippen molar-refractivity contribution < 1.29 is 24.0 Å². The number of benzene rings is 2. The number of para-hydroxylation sites is 2. The van der Waals surface area contributed by atoms with E-state index in [0.29, 0.717) is 19.0 Å². The molecule has 0 saturated carbocycles. The molecule has 1 N–H and O–H groups in total. The number of Topliss-reactive ketones (excluding diaryl/α,β-unsaturated/α-hetero) is 1. The second-order valence-corrected chi connectivity index (χ2v) is 7.33. The standard InChI is InChI=1S/C23H23N5O6/c1-26-18-6-4-5-7-19(18)27(2)22(26)16(13-24)21(29)14-34-23(30)15-8-9-17(25-10-11-33-3)20(12-15)28(31)32/h4-9,12,25H,10-11,14H2,1-3H3. The Kier molecular flexibility index (Phi) is 7.45. The van der Waals surface area contributed by atoms with Gasteiger partial charge in [-0.2, -0.15) is 5.26 Å². The molecule has 34 heavy (non-hydrogen) atoms. The van der Waals surface area contributed by atoms with E-state index in [4.69, 9.17) is 9.47 Å². The maximum absolute atomic E-state index is 12.8. The SMILES string of the molecule is COCCNc1ccc(C(=O)OCC(=O)C(C#N)=C2N(C)c3ccccc3N2C)cc1[N+](=O)[O-]. The topological polar surface area (TPSA) is 138 Å². The molecule has 2 aromatic rings. The van der Waals surface area contributed by atoms with E-state index < -0.39 is 23.3 Å². The van der Waals surface area contributed by atoms with Gasteiger partial charge in [-0.25, -0.2) is 4.79 Å². The number of nitro groups is 1. The summed E-state index contributed by atoms with van der Waals surface area (Å²) in [5.74, 6) is -1.24. The largest absolute Gasteiger partial charge is 0.454 e. The summed E-state index contributed by atoms with van der Waals surface area (Å²) < 4.78 is 9.99. The lowest BCUT2D eigenvalue weighted by atomic mass is 10.1. The minimum Gasteiger partial charge on any atom is -0.454 e. The van der Waals surface area contributed by atoms with Gasteiger partial charge >= 0.3 is 5.97 Å². The van der Waals surface area contributed by atoms with Gasteiger partial charge in [0.15, 0.2) is 6.61 Å². The van der Waals surface area contributed by atoms with E-state index in [9.17, 15) is 25.0 Å². The average Bonchev–Trinajstić information content (AvgIpc) is 3.08. The molecule has 1 heterocycles. The minimum atomic E-state index is -0.918. The smallest absolute Gasteiger partial charge is 0.338 e. The maximum Gasteiger partial charge on any atom is 0.338 e. The fraction of sp³-hybridized carbons (Fsp3) is 0.261. The average molecular weight is 465 g/mol. The molecule has 0 unspecified atom stereocenters. The number of carbonyl (C=O) groups excluding carboxylic acids is 2. The van der Waals surface area contributed by atoms with Crippen molar-refractivity contribution in [1.29, 1.82) is 5.26 Å². The molecule has 1 aliphatic rings. The molecule has 0 radical (unpaired) electrons. The molecule has 0 saturated heterocycles. The number of ketones is 1. The maximum atomic E-state index is 12.8. The summed E-state index contributed by atoms with van der Waals surface area (Å²) in [6.45, 7) is -0.00581. The van der Waals surface area contributed by atoms with Crippen LogP contribution < -0.4 is 15.1 Å². The second-order valence-electron chi connectivity index (χ2n) is 7.33. The van der Waals surface area contributed by atoms with E-state index in [1.165, 1.54) is 19.2 Å². The van der Waals surface area contributed by atoms with Crippen LogP contribution in [0.2, 0.25) is 0 Å². The lowest BCUT2D eigenvalue weighted by Crippen LogP contribution is -2.27. The predicted molar refractivity (Wildman–Crippen MR) is 125 cm³/mol. The fourth-order valence-electron chi connectivity index (χ4n) is 3.59. The van der Waals surface area contributed by atoms with Crippen molar-refractivity contribution in [1.82, 2.24) is 0 Å². The van der Waals surface area contributed by atoms with Crippen LogP contribution in [-0.2, 0) is 14.3 Å². The van der Waals surface area contributed by atoms with Crippen LogP contribution in [0, 0.1) is 21.4 Å². The van der Waals surface area contributed by atoms with Gasteiger partial charge in [0.05, 0.1) is 28.5 Å². The van der Waals surface area contributed by atoms with E-state index in [0.717, 1.165) is 17.4 Å². The van der Waals surface area contributed by atoms with E-state index in [-0.39, 0.29) is 22.5 Å². The number of hydrogen-bond acceptors (Lipinski definition) is 10. The molecule has 0 aliphatic carbocycles. The molecule has 3 rings (SSSR count). The van der Waals surface area contributed by atoms with Crippen molar-refractivity contribution in [2.24, 2.45) is 0 Å². The van der Waals surface area contributed by atoms with Gasteiger partial charge < -0.3 is 24.6 Å². The van der Waals surface area contributed by atoms with Crippen LogP contribution in [0.5, 0.6) is 0 Å². The van der Waals surface area contributed by atoms with Crippen LogP contribution in [-0.4, -0.2) is 57.6 Å². The molecule has 0 spiro atoms. The monoisotopic (exact) mass is 465 g/mol. The number of nitro benzene ring substituents is 1. The Morgan fingerprint density at radius 3 is 2.35 bits per heavy atom. The highest BCUT2D eigenvalue weighted by Gasteiger charge is 2.31. The number of fused-ring (bicyclic) bond motifs is 1. The van der Waals surface area contributed by atoms with Crippen LogP contribution in [0.4, 0.5) is 22.7 Å². The number of hydrogen-bond donors (Lipinski definition) is 1. The third-order valence-electron chi connectivity index (χ3n) is 5.24. The van der Waals surface area contributed by atoms with Crippen molar-refractivity contribution in [3.8, 4) is 6.07 Å². The molecule has 0 bridgehead atoms. The molecular formula is C23H23N5O6. The number of nitrogens with one attached hydrogen (secondary N) is 1. The van der Waals surface area contributed by atoms with Crippen molar-refractivity contribution >= 4 is 34.5 Å². The Labute approximate surface area is 195 Å². The van der Waals surface area contributed by atoms with Gasteiger partial charge in [-0.05, 0) is 24.3 Å². The van der Waals surface area contributed by atoms with Crippen LogP contribution in [0.1, 0.15) is 10.4 Å². The second kappa shape index (κ2) is 10.5. The van der Waals surface area contributed by atoms with Gasteiger partial charge in [0.2, 0.25) is 5.78 Å². The Morgan fingerprint density at radius 1 is 1.15 bits per heavy atom. The number of methoxy groups -OCH3 is 1. The molecule has 0 aromatic heterocycles. The van der Waals surface area contributed by atoms with Crippen LogP contribution in [0.3, 0.4) is 0 Å². The first-order valence-corrected chi connectivity index (χ1v) is 10.2. The highest BCUT2D eigenvalue weighted by atomic mass is 16.6. The van der Waals surface area contributed by atoms with Gasteiger partial charge in [-0.15, -0.1) is 0 Å². The molecule has 0 atom stereocenters. The zero-order valence-electron chi connectivity index (χ0n) is 18.9. The summed E-state index contributed by atoms with van der Waals surface area (Å²) in [5.41, 5.74) is 1.29. The van der Waals surface area contributed by atoms with Crippen LogP contribution in [0.25, 0.3) is 0 Å². The molecule has 176 valence electrons. The number of rotatable bonds is 9. The molecule has 0 amide bonds. The molecular weight excluding hydrogens is 442 g/mol. The Hall–Kier alpha value is -4.43. The summed E-state index contributed by atoms with van der Waals surface area (Å²) in [5, 5.41) is 23.9. The highest BCUT2D eigenvalue weighted by Crippen LogP contribution is 2.40. The first-order valence-electron chi connectivity index (χ1n) is 10.2. The van der Waals surface area contributed by atoms with Gasteiger partial charge in [-0.3, -0.25) is 14.9 Å². The fourth-order valence-corrected chi connectivity index (χ4v) is 3.59. The van der Waals surface area contributed by atoms with Gasteiger partial charge in [-0.1, -0.05) is 12.1 Å². The zero-order chi connectivity index (χ0) is 24.8. The highest BCUT2D eigenvalue weighted by molar-refractivity contribution is 6.04. The lowest BCUT2D eigenvalue weighted by Gasteiger charge is -2.19. The normalized spacial score (nSPS) is 12.1. The number of anilines is 3. The van der Waals surface area contributed by atoms with Gasteiger partial charge in [0, 0.05) is 33.8 Å². The summed E-state index contributed by atoms with van der Waals surface area (Å²) in [4.78, 5) is 39.5. The molecule has 1 aliphatic heterocycles. The van der Waals surface area contributed by atoms with Gasteiger partial charge in [0.1, 0.15) is 23.2 Å². The zero-order valence-corrected chi connectivity index (χ0v) is 18.9. The minimum absolute atomic E-state index is 0.0922. The Balaban J connectivity index is 1.75. The van der Waals surface area contributed by atoms with Crippen molar-refractivity contribution in [3.05, 3.63) is 69.5 Å². The summed E-state index contributed by atoms with van der Waals surface area (Å²) >= 11 is 0. The molecule has 11 nitrogen and oxygen atoms in total. The number of nitriles is 1. The third-order valence-corrected chi connectivity index (χ3v) is 5.24. The Bertz CT molecular complexity index is 1170. The van der Waals surface area contributed by atoms with Crippen LogP contribution >= 0.6 is 0 Å². The van der Waals surface area contributed by atoms with E-state index >= 15 is 0 Å². The summed E-state index contributed by atoms with van der Waals surface area (Å²) in [6, 6.07) is 13.1. The quantitative estimate of drug-likeness (QED) is 0.147. The van der Waals surface area contributed by atoms with Crippen molar-refractivity contribution in [3.63, 3.8) is 0 Å². The third kappa shape index (κ3) is 4.82. The number of nitrogens with zero attached hydrogens (tertiary/aromatic N) is 4. The molecule has 0 fully saturated rings. The van der Waals surface area contributed by atoms with Crippen molar-refractivity contribution in [2.75, 3.05) is 56.1 Å².